The van der Waals surface area contributed by atoms with Crippen LogP contribution in [0.2, 0.25) is 0 Å². The molecule has 0 saturated carbocycles. The normalized spacial score (nSPS) is 12.8. The Balaban J connectivity index is 2.41. The van der Waals surface area contributed by atoms with Crippen LogP contribution >= 0.6 is 11.8 Å². The van der Waals surface area contributed by atoms with E-state index >= 15 is 0 Å². The van der Waals surface area contributed by atoms with Crippen LogP contribution in [-0.2, 0) is 0 Å². The van der Waals surface area contributed by atoms with Gasteiger partial charge < -0.3 is 5.11 Å². The Morgan fingerprint density at radius 2 is 2.00 bits per heavy atom. The highest BCUT2D eigenvalue weighted by Crippen LogP contribution is 2.18. The van der Waals surface area contributed by atoms with Crippen molar-refractivity contribution < 1.29 is 9.50 Å². The lowest BCUT2D eigenvalue weighted by Gasteiger charge is -2.05. The minimum absolute atomic E-state index is 0.416. The van der Waals surface area contributed by atoms with Crippen molar-refractivity contribution in [1.82, 2.24) is 0 Å². The second kappa shape index (κ2) is 5.25. The van der Waals surface area contributed by atoms with Gasteiger partial charge in [0, 0.05) is 10.6 Å². The largest absolute Gasteiger partial charge is 0.390 e. The first kappa shape index (κ1) is 10.5. The summed E-state index contributed by atoms with van der Waals surface area (Å²) in [4.78, 5) is 1.07. The molecule has 0 unspecified atom stereocenters. The van der Waals surface area contributed by atoms with Gasteiger partial charge >= 0.3 is 0 Å². The van der Waals surface area contributed by atoms with Crippen molar-refractivity contribution >= 4 is 11.8 Å². The number of alkyl halides is 1. The maximum atomic E-state index is 11.9. The number of aryl methyl sites for hydroxylation is 1. The molecule has 1 aromatic rings. The molecule has 0 aliphatic rings. The van der Waals surface area contributed by atoms with Gasteiger partial charge in [-0.1, -0.05) is 17.7 Å². The molecule has 0 saturated heterocycles. The van der Waals surface area contributed by atoms with Gasteiger partial charge in [-0.25, -0.2) is 4.39 Å². The molecule has 0 amide bonds. The van der Waals surface area contributed by atoms with Crippen molar-refractivity contribution in [2.75, 3.05) is 12.4 Å². The number of halogens is 1. The summed E-state index contributed by atoms with van der Waals surface area (Å²) < 4.78 is 11.9. The summed E-state index contributed by atoms with van der Waals surface area (Å²) in [6.45, 7) is 1.35. The lowest BCUT2D eigenvalue weighted by molar-refractivity contribution is 0.162. The highest BCUT2D eigenvalue weighted by Gasteiger charge is 2.03. The van der Waals surface area contributed by atoms with Crippen LogP contribution in [0.25, 0.3) is 0 Å². The number of hydrogen-bond donors (Lipinski definition) is 1. The summed E-state index contributed by atoms with van der Waals surface area (Å²) in [7, 11) is 0. The molecule has 13 heavy (non-hydrogen) atoms. The zero-order valence-electron chi connectivity index (χ0n) is 7.53. The van der Waals surface area contributed by atoms with E-state index in [1.54, 1.807) is 0 Å². The molecule has 0 heterocycles. The maximum Gasteiger partial charge on any atom is 0.116 e. The van der Waals surface area contributed by atoms with Crippen LogP contribution in [0.4, 0.5) is 4.39 Å². The molecule has 0 bridgehead atoms. The molecule has 0 aliphatic heterocycles. The fourth-order valence-electron chi connectivity index (χ4n) is 0.871. The molecule has 0 radical (unpaired) electrons. The number of rotatable bonds is 4. The maximum absolute atomic E-state index is 11.9. The SMILES string of the molecule is Cc1ccc(SC[C@@H](O)CF)cc1. The monoisotopic (exact) mass is 200 g/mol. The molecule has 0 fully saturated rings. The van der Waals surface area contributed by atoms with Crippen LogP contribution in [0.5, 0.6) is 0 Å². The zero-order chi connectivity index (χ0) is 9.68. The summed E-state index contributed by atoms with van der Waals surface area (Å²) in [5.74, 6) is 0.416. The van der Waals surface area contributed by atoms with Crippen LogP contribution < -0.4 is 0 Å². The average molecular weight is 200 g/mol. The molecule has 0 spiro atoms. The Morgan fingerprint density at radius 3 is 2.54 bits per heavy atom. The smallest absolute Gasteiger partial charge is 0.116 e. The van der Waals surface area contributed by atoms with Crippen molar-refractivity contribution in [1.29, 1.82) is 0 Å². The molecule has 1 aromatic carbocycles. The first-order valence-electron chi connectivity index (χ1n) is 4.16. The molecular formula is C10H13FOS. The summed E-state index contributed by atoms with van der Waals surface area (Å²) in [5.41, 5.74) is 1.20. The predicted molar refractivity (Wildman–Crippen MR) is 53.9 cm³/mol. The van der Waals surface area contributed by atoms with E-state index in [4.69, 9.17) is 5.11 Å². The lowest BCUT2D eigenvalue weighted by Crippen LogP contribution is -2.11. The van der Waals surface area contributed by atoms with Crippen molar-refractivity contribution in [2.24, 2.45) is 0 Å². The minimum Gasteiger partial charge on any atom is -0.390 e. The molecule has 1 rings (SSSR count). The van der Waals surface area contributed by atoms with Crippen LogP contribution in [0.15, 0.2) is 29.2 Å². The second-order valence-electron chi connectivity index (χ2n) is 2.93. The van der Waals surface area contributed by atoms with Crippen molar-refractivity contribution in [3.8, 4) is 0 Å². The summed E-state index contributed by atoms with van der Waals surface area (Å²) in [6, 6.07) is 7.96. The Hall–Kier alpha value is -0.540. The molecule has 0 aromatic heterocycles. The number of aliphatic hydroxyl groups is 1. The van der Waals surface area contributed by atoms with Gasteiger partial charge in [-0.05, 0) is 19.1 Å². The molecule has 1 N–H and O–H groups in total. The van der Waals surface area contributed by atoms with Crippen molar-refractivity contribution in [2.45, 2.75) is 17.9 Å². The van der Waals surface area contributed by atoms with Crippen molar-refractivity contribution in [3.63, 3.8) is 0 Å². The van der Waals surface area contributed by atoms with Crippen LogP contribution in [0.3, 0.4) is 0 Å². The van der Waals surface area contributed by atoms with Gasteiger partial charge in [-0.2, -0.15) is 0 Å². The molecule has 1 atom stereocenters. The van der Waals surface area contributed by atoms with E-state index in [0.29, 0.717) is 5.75 Å². The number of aliphatic hydroxyl groups excluding tert-OH is 1. The summed E-state index contributed by atoms with van der Waals surface area (Å²) >= 11 is 1.47. The summed E-state index contributed by atoms with van der Waals surface area (Å²) in [6.07, 6.45) is -0.841. The zero-order valence-corrected chi connectivity index (χ0v) is 8.35. The van der Waals surface area contributed by atoms with E-state index in [9.17, 15) is 4.39 Å². The van der Waals surface area contributed by atoms with E-state index < -0.39 is 12.8 Å². The van der Waals surface area contributed by atoms with Gasteiger partial charge in [0.2, 0.25) is 0 Å². The minimum atomic E-state index is -0.841. The van der Waals surface area contributed by atoms with Gasteiger partial charge in [-0.15, -0.1) is 11.8 Å². The third kappa shape index (κ3) is 3.79. The standard InChI is InChI=1S/C10H13FOS/c1-8-2-4-10(5-3-8)13-7-9(12)6-11/h2-5,9,12H,6-7H2,1H3/t9-/m0/s1. The fourth-order valence-corrected chi connectivity index (χ4v) is 1.67. The molecule has 72 valence electrons. The molecule has 1 nitrogen and oxygen atoms in total. The Morgan fingerprint density at radius 1 is 1.38 bits per heavy atom. The predicted octanol–water partition coefficient (Wildman–Crippen LogP) is 2.42. The quantitative estimate of drug-likeness (QED) is 0.753. The highest BCUT2D eigenvalue weighted by molar-refractivity contribution is 7.99. The number of thioether (sulfide) groups is 1. The third-order valence-corrected chi connectivity index (χ3v) is 2.80. The Kier molecular flexibility index (Phi) is 4.25. The molecule has 0 aliphatic carbocycles. The van der Waals surface area contributed by atoms with Gasteiger partial charge in [0.05, 0.1) is 6.10 Å². The van der Waals surface area contributed by atoms with E-state index in [1.807, 2.05) is 31.2 Å². The molecular weight excluding hydrogens is 187 g/mol. The number of hydrogen-bond acceptors (Lipinski definition) is 2. The van der Waals surface area contributed by atoms with Gasteiger partial charge in [0.1, 0.15) is 6.67 Å². The van der Waals surface area contributed by atoms with E-state index in [0.717, 1.165) is 4.90 Å². The highest BCUT2D eigenvalue weighted by atomic mass is 32.2. The van der Waals surface area contributed by atoms with Gasteiger partial charge in [-0.3, -0.25) is 0 Å². The third-order valence-electron chi connectivity index (χ3n) is 1.64. The van der Waals surface area contributed by atoms with Crippen LogP contribution in [0.1, 0.15) is 5.56 Å². The lowest BCUT2D eigenvalue weighted by atomic mass is 10.2. The number of benzene rings is 1. The van der Waals surface area contributed by atoms with Crippen LogP contribution in [-0.4, -0.2) is 23.6 Å². The van der Waals surface area contributed by atoms with E-state index in [-0.39, 0.29) is 0 Å². The fraction of sp³-hybridized carbons (Fsp3) is 0.400. The first-order chi connectivity index (χ1) is 6.22. The Bertz CT molecular complexity index is 248. The Labute approximate surface area is 82.0 Å². The first-order valence-corrected chi connectivity index (χ1v) is 5.14. The van der Waals surface area contributed by atoms with E-state index in [1.165, 1.54) is 17.3 Å². The summed E-state index contributed by atoms with van der Waals surface area (Å²) in [5, 5.41) is 8.98. The topological polar surface area (TPSA) is 20.2 Å². The average Bonchev–Trinajstić information content (AvgIpc) is 2.16. The van der Waals surface area contributed by atoms with Crippen molar-refractivity contribution in [3.05, 3.63) is 29.8 Å². The second-order valence-corrected chi connectivity index (χ2v) is 4.03. The van der Waals surface area contributed by atoms with Gasteiger partial charge in [0.25, 0.3) is 0 Å². The molecule has 3 heteroatoms. The van der Waals surface area contributed by atoms with Crippen LogP contribution in [0, 0.1) is 6.92 Å². The van der Waals surface area contributed by atoms with Gasteiger partial charge in [0.15, 0.2) is 0 Å². The van der Waals surface area contributed by atoms with E-state index in [2.05, 4.69) is 0 Å².